The van der Waals surface area contributed by atoms with Gasteiger partial charge in [-0.1, -0.05) is 29.8 Å². The molecule has 0 fully saturated rings. The van der Waals surface area contributed by atoms with Crippen LogP contribution in [0.2, 0.25) is 0 Å². The van der Waals surface area contributed by atoms with Gasteiger partial charge in [-0.25, -0.2) is 9.97 Å². The number of hydrogen-bond donors (Lipinski definition) is 1. The fraction of sp³-hybridized carbons (Fsp3) is 0.200. The molecule has 0 spiro atoms. The van der Waals surface area contributed by atoms with Crippen molar-refractivity contribution in [2.45, 2.75) is 12.1 Å². The standard InChI is InChI=1S/C15H13N5OS/c1-3-8-16-13(21)9-22-15-18-12-7-5-4-6-11(12)14-17-10(2)19-20(14)15/h1,4-7H,8-9H2,2H3,(H,16,21). The molecule has 1 N–H and O–H groups in total. The zero-order valence-corrected chi connectivity index (χ0v) is 12.7. The molecule has 0 bridgehead atoms. The number of benzene rings is 1. The lowest BCUT2D eigenvalue weighted by atomic mass is 10.2. The summed E-state index contributed by atoms with van der Waals surface area (Å²) >= 11 is 1.31. The topological polar surface area (TPSA) is 72.2 Å². The first-order valence-electron chi connectivity index (χ1n) is 6.64. The van der Waals surface area contributed by atoms with Crippen LogP contribution in [0.3, 0.4) is 0 Å². The largest absolute Gasteiger partial charge is 0.344 e. The maximum atomic E-state index is 11.7. The van der Waals surface area contributed by atoms with Gasteiger partial charge in [0.25, 0.3) is 0 Å². The predicted octanol–water partition coefficient (Wildman–Crippen LogP) is 1.43. The van der Waals surface area contributed by atoms with Crippen molar-refractivity contribution in [1.29, 1.82) is 0 Å². The third-order valence-corrected chi connectivity index (χ3v) is 3.90. The van der Waals surface area contributed by atoms with E-state index in [0.717, 1.165) is 16.6 Å². The highest BCUT2D eigenvalue weighted by atomic mass is 32.2. The molecule has 0 atom stereocenters. The molecular formula is C15H13N5OS. The number of thioether (sulfide) groups is 1. The minimum absolute atomic E-state index is 0.136. The molecule has 110 valence electrons. The molecule has 0 aliphatic heterocycles. The summed E-state index contributed by atoms with van der Waals surface area (Å²) in [7, 11) is 0. The van der Waals surface area contributed by atoms with E-state index in [4.69, 9.17) is 6.42 Å². The summed E-state index contributed by atoms with van der Waals surface area (Å²) in [4.78, 5) is 20.7. The normalized spacial score (nSPS) is 10.7. The zero-order valence-electron chi connectivity index (χ0n) is 11.9. The number of aryl methyl sites for hydroxylation is 1. The van der Waals surface area contributed by atoms with Crippen molar-refractivity contribution in [2.24, 2.45) is 0 Å². The van der Waals surface area contributed by atoms with E-state index in [1.165, 1.54) is 11.8 Å². The Morgan fingerprint density at radius 1 is 1.41 bits per heavy atom. The lowest BCUT2D eigenvalue weighted by Crippen LogP contribution is -2.25. The first-order chi connectivity index (χ1) is 10.7. The molecule has 0 saturated heterocycles. The van der Waals surface area contributed by atoms with Crippen LogP contribution in [-0.4, -0.2) is 37.8 Å². The van der Waals surface area contributed by atoms with Gasteiger partial charge in [0.05, 0.1) is 17.8 Å². The van der Waals surface area contributed by atoms with Crippen LogP contribution in [0.4, 0.5) is 0 Å². The molecule has 3 aromatic rings. The highest BCUT2D eigenvalue weighted by Gasteiger charge is 2.13. The monoisotopic (exact) mass is 311 g/mol. The van der Waals surface area contributed by atoms with Gasteiger partial charge in [-0.15, -0.1) is 11.5 Å². The van der Waals surface area contributed by atoms with Crippen molar-refractivity contribution in [2.75, 3.05) is 12.3 Å². The number of para-hydroxylation sites is 1. The van der Waals surface area contributed by atoms with E-state index in [2.05, 4.69) is 26.3 Å². The van der Waals surface area contributed by atoms with Gasteiger partial charge in [0.1, 0.15) is 5.82 Å². The predicted molar refractivity (Wildman–Crippen MR) is 85.6 cm³/mol. The van der Waals surface area contributed by atoms with E-state index < -0.39 is 0 Å². The molecule has 6 nitrogen and oxygen atoms in total. The molecule has 2 aromatic heterocycles. The summed E-state index contributed by atoms with van der Waals surface area (Å²) in [5.74, 6) is 3.12. The van der Waals surface area contributed by atoms with Gasteiger partial charge < -0.3 is 5.32 Å². The fourth-order valence-corrected chi connectivity index (χ4v) is 2.83. The molecule has 1 amide bonds. The number of terminal acetylenes is 1. The third-order valence-electron chi connectivity index (χ3n) is 2.98. The van der Waals surface area contributed by atoms with Crippen molar-refractivity contribution in [3.05, 3.63) is 30.1 Å². The molecule has 0 aliphatic carbocycles. The van der Waals surface area contributed by atoms with Crippen LogP contribution in [0.1, 0.15) is 5.82 Å². The summed E-state index contributed by atoms with van der Waals surface area (Å²) in [5.41, 5.74) is 1.57. The van der Waals surface area contributed by atoms with Crippen molar-refractivity contribution < 1.29 is 4.79 Å². The number of nitrogens with one attached hydrogen (secondary N) is 1. The van der Waals surface area contributed by atoms with Crippen LogP contribution >= 0.6 is 11.8 Å². The number of aromatic nitrogens is 4. The summed E-state index contributed by atoms with van der Waals surface area (Å²) in [5, 5.41) is 8.55. The van der Waals surface area contributed by atoms with Gasteiger partial charge in [-0.3, -0.25) is 4.79 Å². The lowest BCUT2D eigenvalue weighted by molar-refractivity contribution is -0.118. The Kier molecular flexibility index (Phi) is 3.94. The van der Waals surface area contributed by atoms with Crippen molar-refractivity contribution in [1.82, 2.24) is 24.9 Å². The highest BCUT2D eigenvalue weighted by Crippen LogP contribution is 2.23. The third kappa shape index (κ3) is 2.73. The first kappa shape index (κ1) is 14.4. The van der Waals surface area contributed by atoms with Crippen LogP contribution in [0.25, 0.3) is 16.6 Å². The van der Waals surface area contributed by atoms with Crippen molar-refractivity contribution in [3.8, 4) is 12.3 Å². The number of nitrogens with zero attached hydrogens (tertiary/aromatic N) is 4. The SMILES string of the molecule is C#CCNC(=O)CSc1nc2ccccc2c2nc(C)nn12. The Balaban J connectivity index is 1.97. The van der Waals surface area contributed by atoms with Gasteiger partial charge in [0, 0.05) is 5.39 Å². The number of hydrogen-bond acceptors (Lipinski definition) is 5. The van der Waals surface area contributed by atoms with E-state index >= 15 is 0 Å². The Hall–Kier alpha value is -2.59. The summed E-state index contributed by atoms with van der Waals surface area (Å²) in [6, 6.07) is 7.74. The quantitative estimate of drug-likeness (QED) is 0.448. The van der Waals surface area contributed by atoms with Gasteiger partial charge in [0.15, 0.2) is 10.8 Å². The molecule has 3 rings (SSSR count). The number of amides is 1. The van der Waals surface area contributed by atoms with Crippen LogP contribution < -0.4 is 5.32 Å². The van der Waals surface area contributed by atoms with E-state index in [1.54, 1.807) is 4.52 Å². The Labute approximate surface area is 131 Å². The minimum Gasteiger partial charge on any atom is -0.344 e. The molecule has 7 heteroatoms. The second-order valence-electron chi connectivity index (χ2n) is 4.58. The summed E-state index contributed by atoms with van der Waals surface area (Å²) < 4.78 is 1.68. The molecule has 0 saturated carbocycles. The van der Waals surface area contributed by atoms with E-state index in [1.807, 2.05) is 31.2 Å². The molecular weight excluding hydrogens is 298 g/mol. The maximum Gasteiger partial charge on any atom is 0.231 e. The fourth-order valence-electron chi connectivity index (χ4n) is 2.06. The number of carbonyl (C=O) groups excluding carboxylic acids is 1. The molecule has 22 heavy (non-hydrogen) atoms. The van der Waals surface area contributed by atoms with E-state index in [-0.39, 0.29) is 18.2 Å². The van der Waals surface area contributed by atoms with E-state index in [9.17, 15) is 4.79 Å². The Morgan fingerprint density at radius 3 is 3.05 bits per heavy atom. The Morgan fingerprint density at radius 2 is 2.23 bits per heavy atom. The molecule has 1 aromatic carbocycles. The second-order valence-corrected chi connectivity index (χ2v) is 5.52. The lowest BCUT2D eigenvalue weighted by Gasteiger charge is -2.06. The Bertz CT molecular complexity index is 896. The average Bonchev–Trinajstić information content (AvgIpc) is 2.92. The number of fused-ring (bicyclic) bond motifs is 3. The minimum atomic E-state index is -0.136. The smallest absolute Gasteiger partial charge is 0.231 e. The van der Waals surface area contributed by atoms with Crippen LogP contribution in [-0.2, 0) is 4.79 Å². The van der Waals surface area contributed by atoms with Crippen LogP contribution in [0.5, 0.6) is 0 Å². The molecule has 0 radical (unpaired) electrons. The highest BCUT2D eigenvalue weighted by molar-refractivity contribution is 7.99. The number of rotatable bonds is 4. The van der Waals surface area contributed by atoms with E-state index in [0.29, 0.717) is 11.0 Å². The van der Waals surface area contributed by atoms with Gasteiger partial charge in [0.2, 0.25) is 5.91 Å². The van der Waals surface area contributed by atoms with Crippen LogP contribution in [0, 0.1) is 19.3 Å². The molecule has 0 unspecified atom stereocenters. The van der Waals surface area contributed by atoms with Crippen LogP contribution in [0.15, 0.2) is 29.4 Å². The zero-order chi connectivity index (χ0) is 15.5. The molecule has 2 heterocycles. The second kappa shape index (κ2) is 6.03. The number of carbonyl (C=O) groups is 1. The molecule has 0 aliphatic rings. The summed E-state index contributed by atoms with van der Waals surface area (Å²) in [6.45, 7) is 2.05. The first-order valence-corrected chi connectivity index (χ1v) is 7.62. The van der Waals surface area contributed by atoms with Crippen molar-refractivity contribution in [3.63, 3.8) is 0 Å². The summed E-state index contributed by atoms with van der Waals surface area (Å²) in [6.07, 6.45) is 5.12. The average molecular weight is 311 g/mol. The van der Waals surface area contributed by atoms with Gasteiger partial charge in [-0.05, 0) is 19.1 Å². The van der Waals surface area contributed by atoms with Crippen molar-refractivity contribution >= 4 is 34.2 Å². The van der Waals surface area contributed by atoms with Gasteiger partial charge in [-0.2, -0.15) is 4.52 Å². The van der Waals surface area contributed by atoms with Gasteiger partial charge >= 0.3 is 0 Å². The maximum absolute atomic E-state index is 11.7.